The second-order valence-electron chi connectivity index (χ2n) is 9.24. The van der Waals surface area contributed by atoms with Crippen LogP contribution in [0.2, 0.25) is 0 Å². The Morgan fingerprint density at radius 2 is 1.61 bits per heavy atom. The predicted octanol–water partition coefficient (Wildman–Crippen LogP) is 3.57. The van der Waals surface area contributed by atoms with E-state index in [-0.39, 0.29) is 18.6 Å². The summed E-state index contributed by atoms with van der Waals surface area (Å²) in [5, 5.41) is 2.94. The minimum atomic E-state index is -0.847. The van der Waals surface area contributed by atoms with E-state index in [4.69, 9.17) is 9.47 Å². The van der Waals surface area contributed by atoms with E-state index in [9.17, 15) is 14.4 Å². The van der Waals surface area contributed by atoms with Gasteiger partial charge in [-0.05, 0) is 41.5 Å². The van der Waals surface area contributed by atoms with Crippen molar-refractivity contribution in [3.8, 4) is 11.5 Å². The van der Waals surface area contributed by atoms with Crippen LogP contribution >= 0.6 is 0 Å². The topological polar surface area (TPSA) is 88.2 Å². The highest BCUT2D eigenvalue weighted by atomic mass is 16.7. The van der Waals surface area contributed by atoms with Crippen molar-refractivity contribution in [2.45, 2.75) is 12.1 Å². The zero-order chi connectivity index (χ0) is 24.4. The predicted molar refractivity (Wildman–Crippen MR) is 131 cm³/mol. The van der Waals surface area contributed by atoms with Gasteiger partial charge in [-0.15, -0.1) is 0 Å². The number of ether oxygens (including phenoxy) is 2. The maximum Gasteiger partial charge on any atom is 0.247 e. The molecule has 4 aliphatic rings. The average Bonchev–Trinajstić information content (AvgIpc) is 3.57. The van der Waals surface area contributed by atoms with Gasteiger partial charge >= 0.3 is 0 Å². The van der Waals surface area contributed by atoms with Gasteiger partial charge in [0.05, 0.1) is 23.6 Å². The number of nitrogens with one attached hydrogen (secondary N) is 1. The summed E-state index contributed by atoms with van der Waals surface area (Å²) in [5.74, 6) is -1.53. The number of hydrogen-bond acceptors (Lipinski definition) is 6. The molecule has 36 heavy (non-hydrogen) atoms. The van der Waals surface area contributed by atoms with E-state index in [1.807, 2.05) is 59.6 Å². The molecule has 4 aliphatic heterocycles. The van der Waals surface area contributed by atoms with Crippen LogP contribution in [0.25, 0.3) is 6.08 Å². The summed E-state index contributed by atoms with van der Waals surface area (Å²) in [6.45, 7) is 0.0911. The molecule has 0 aliphatic carbocycles. The Kier molecular flexibility index (Phi) is 4.44. The molecule has 8 nitrogen and oxygen atoms in total. The average molecular weight is 479 g/mol. The number of carbonyl (C=O) groups excluding carboxylic acids is 3. The fourth-order valence-corrected chi connectivity index (χ4v) is 5.87. The van der Waals surface area contributed by atoms with Crippen molar-refractivity contribution in [3.05, 3.63) is 90.1 Å². The number of amides is 3. The molecular formula is C28H21N3O5. The largest absolute Gasteiger partial charge is 0.454 e. The van der Waals surface area contributed by atoms with Gasteiger partial charge in [-0.2, -0.15) is 0 Å². The van der Waals surface area contributed by atoms with Gasteiger partial charge in [-0.3, -0.25) is 14.4 Å². The molecule has 0 bridgehead atoms. The normalized spacial score (nSPS) is 25.0. The summed E-state index contributed by atoms with van der Waals surface area (Å²) >= 11 is 0. The minimum Gasteiger partial charge on any atom is -0.454 e. The monoisotopic (exact) mass is 479 g/mol. The van der Waals surface area contributed by atoms with Gasteiger partial charge in [0, 0.05) is 18.0 Å². The van der Waals surface area contributed by atoms with Gasteiger partial charge in [-0.1, -0.05) is 42.5 Å². The number of nitrogens with zero attached hydrogens (tertiary/aromatic N) is 2. The molecule has 0 spiro atoms. The first-order valence-corrected chi connectivity index (χ1v) is 11.8. The van der Waals surface area contributed by atoms with Crippen molar-refractivity contribution < 1.29 is 23.9 Å². The first-order valence-electron chi connectivity index (χ1n) is 11.8. The van der Waals surface area contributed by atoms with E-state index in [2.05, 4.69) is 5.32 Å². The van der Waals surface area contributed by atoms with Crippen LogP contribution in [0.4, 0.5) is 11.4 Å². The van der Waals surface area contributed by atoms with Crippen LogP contribution in [-0.4, -0.2) is 35.5 Å². The van der Waals surface area contributed by atoms with E-state index in [0.29, 0.717) is 22.9 Å². The number of hydrogen-bond donors (Lipinski definition) is 1. The molecule has 4 atom stereocenters. The molecule has 8 heteroatoms. The standard InChI is InChI=1S/C28H21N3O5/c32-26(29-17-7-2-1-3-8-17)25-23-22(24-19-9-5-4-6-16(19)12-13-30(24)25)27(33)31(28(23)34)18-10-11-20-21(14-18)36-15-35-20/h1-14,22-25H,15H2,(H,29,32)/t22-,23-,24+,25+/m1/s1. The van der Waals surface area contributed by atoms with Crippen molar-refractivity contribution in [2.24, 2.45) is 11.8 Å². The van der Waals surface area contributed by atoms with E-state index in [1.165, 1.54) is 4.90 Å². The number of fused-ring (bicyclic) bond motifs is 6. The van der Waals surface area contributed by atoms with Crippen molar-refractivity contribution in [3.63, 3.8) is 0 Å². The lowest BCUT2D eigenvalue weighted by Gasteiger charge is -2.35. The molecule has 0 radical (unpaired) electrons. The second kappa shape index (κ2) is 7.71. The number of benzene rings is 3. The molecule has 2 fully saturated rings. The van der Waals surface area contributed by atoms with Crippen LogP contribution in [-0.2, 0) is 14.4 Å². The van der Waals surface area contributed by atoms with Gasteiger partial charge in [0.1, 0.15) is 6.04 Å². The van der Waals surface area contributed by atoms with E-state index < -0.39 is 29.8 Å². The lowest BCUT2D eigenvalue weighted by molar-refractivity contribution is -0.128. The zero-order valence-electron chi connectivity index (χ0n) is 19.0. The Balaban J connectivity index is 1.32. The third-order valence-electron chi connectivity index (χ3n) is 7.39. The number of anilines is 2. The highest BCUT2D eigenvalue weighted by molar-refractivity contribution is 6.24. The molecule has 1 N–H and O–H groups in total. The maximum atomic E-state index is 13.9. The van der Waals surface area contributed by atoms with Crippen LogP contribution in [0.5, 0.6) is 11.5 Å². The number of carbonyl (C=O) groups is 3. The van der Waals surface area contributed by atoms with Crippen LogP contribution in [0, 0.1) is 11.8 Å². The van der Waals surface area contributed by atoms with E-state index >= 15 is 0 Å². The summed E-state index contributed by atoms with van der Waals surface area (Å²) in [7, 11) is 0. The van der Waals surface area contributed by atoms with Crippen molar-refractivity contribution in [2.75, 3.05) is 17.0 Å². The Morgan fingerprint density at radius 1 is 0.861 bits per heavy atom. The zero-order valence-corrected chi connectivity index (χ0v) is 19.0. The molecule has 0 unspecified atom stereocenters. The van der Waals surface area contributed by atoms with Crippen LogP contribution < -0.4 is 19.7 Å². The van der Waals surface area contributed by atoms with Gasteiger partial charge < -0.3 is 19.7 Å². The first-order chi connectivity index (χ1) is 17.6. The Labute approximate surface area is 206 Å². The van der Waals surface area contributed by atoms with Crippen molar-refractivity contribution >= 4 is 35.2 Å². The Morgan fingerprint density at radius 3 is 2.47 bits per heavy atom. The van der Waals surface area contributed by atoms with Gasteiger partial charge in [0.2, 0.25) is 24.5 Å². The van der Waals surface area contributed by atoms with Crippen molar-refractivity contribution in [1.82, 2.24) is 4.90 Å². The summed E-state index contributed by atoms with van der Waals surface area (Å²) in [5.41, 5.74) is 2.95. The summed E-state index contributed by atoms with van der Waals surface area (Å²) in [6.07, 6.45) is 3.77. The number of imide groups is 1. The number of para-hydroxylation sites is 1. The van der Waals surface area contributed by atoms with E-state index in [0.717, 1.165) is 11.1 Å². The summed E-state index contributed by atoms with van der Waals surface area (Å²) < 4.78 is 10.8. The molecule has 4 heterocycles. The third-order valence-corrected chi connectivity index (χ3v) is 7.39. The minimum absolute atomic E-state index is 0.0911. The van der Waals surface area contributed by atoms with Crippen LogP contribution in [0.3, 0.4) is 0 Å². The lowest BCUT2D eigenvalue weighted by Crippen LogP contribution is -2.46. The maximum absolute atomic E-state index is 13.9. The second-order valence-corrected chi connectivity index (χ2v) is 9.24. The SMILES string of the molecule is O=C(Nc1ccccc1)[C@@H]1[C@@H]2C(=O)N(c3ccc4c(c3)OCO4)C(=O)[C@H]2[C@@H]2c3ccccc3C=CN12. The molecule has 3 amide bonds. The fourth-order valence-electron chi connectivity index (χ4n) is 5.87. The fraction of sp³-hybridized carbons (Fsp3) is 0.179. The molecule has 2 saturated heterocycles. The highest BCUT2D eigenvalue weighted by Gasteiger charge is 2.64. The molecule has 0 aromatic heterocycles. The van der Waals surface area contributed by atoms with Gasteiger partial charge in [0.15, 0.2) is 11.5 Å². The Bertz CT molecular complexity index is 1450. The smallest absolute Gasteiger partial charge is 0.247 e. The lowest BCUT2D eigenvalue weighted by atomic mass is 9.84. The van der Waals surface area contributed by atoms with Crippen LogP contribution in [0.15, 0.2) is 79.0 Å². The summed E-state index contributed by atoms with van der Waals surface area (Å²) in [4.78, 5) is 44.6. The van der Waals surface area contributed by atoms with Crippen LogP contribution in [0.1, 0.15) is 17.2 Å². The third kappa shape index (κ3) is 2.90. The van der Waals surface area contributed by atoms with E-state index in [1.54, 1.807) is 30.3 Å². The number of rotatable bonds is 3. The quantitative estimate of drug-likeness (QED) is 0.578. The molecule has 178 valence electrons. The summed E-state index contributed by atoms with van der Waals surface area (Å²) in [6, 6.07) is 20.6. The molecule has 0 saturated carbocycles. The molecule has 3 aromatic carbocycles. The van der Waals surface area contributed by atoms with Gasteiger partial charge in [0.25, 0.3) is 0 Å². The van der Waals surface area contributed by atoms with Gasteiger partial charge in [-0.25, -0.2) is 4.90 Å². The molecule has 7 rings (SSSR count). The van der Waals surface area contributed by atoms with Crippen molar-refractivity contribution in [1.29, 1.82) is 0 Å². The first kappa shape index (κ1) is 20.8. The Hall–Kier alpha value is -4.59. The molecular weight excluding hydrogens is 458 g/mol. The highest BCUT2D eigenvalue weighted by Crippen LogP contribution is 2.53. The molecule has 3 aromatic rings.